The van der Waals surface area contributed by atoms with Crippen molar-refractivity contribution in [3.8, 4) is 5.75 Å². The van der Waals surface area contributed by atoms with Gasteiger partial charge in [-0.2, -0.15) is 0 Å². The van der Waals surface area contributed by atoms with Crippen molar-refractivity contribution in [1.29, 1.82) is 0 Å². The maximum atomic E-state index is 13.2. The summed E-state index contributed by atoms with van der Waals surface area (Å²) < 4.78 is 41.6. The molecule has 0 aliphatic rings. The summed E-state index contributed by atoms with van der Waals surface area (Å²) in [5.41, 5.74) is -0.263. The molecule has 88 valence electrons. The van der Waals surface area contributed by atoms with Crippen LogP contribution in [0, 0.1) is 5.82 Å². The lowest BCUT2D eigenvalue weighted by Crippen LogP contribution is -2.11. The minimum Gasteiger partial charge on any atom is -0.427 e. The molecule has 0 aromatic heterocycles. The van der Waals surface area contributed by atoms with E-state index < -0.39 is 21.8 Å². The number of carbonyl (C=O) groups excluding carboxylic acids is 1. The molecule has 5 nitrogen and oxygen atoms in total. The van der Waals surface area contributed by atoms with E-state index in [9.17, 15) is 17.6 Å². The maximum absolute atomic E-state index is 13.2. The number of anilines is 1. The highest BCUT2D eigenvalue weighted by atomic mass is 32.2. The van der Waals surface area contributed by atoms with Crippen LogP contribution in [0.4, 0.5) is 10.1 Å². The smallest absolute Gasteiger partial charge is 0.308 e. The Hall–Kier alpha value is -1.63. The average Bonchev–Trinajstić information content (AvgIpc) is 2.07. The molecule has 1 aromatic carbocycles. The van der Waals surface area contributed by atoms with Gasteiger partial charge in [-0.1, -0.05) is 0 Å². The van der Waals surface area contributed by atoms with Crippen LogP contribution >= 0.6 is 0 Å². The Morgan fingerprint density at radius 2 is 2.06 bits per heavy atom. The number of benzene rings is 1. The average molecular weight is 247 g/mol. The quantitative estimate of drug-likeness (QED) is 0.641. The molecule has 0 aliphatic carbocycles. The first-order valence-electron chi connectivity index (χ1n) is 4.24. The van der Waals surface area contributed by atoms with E-state index >= 15 is 0 Å². The minimum atomic E-state index is -3.58. The van der Waals surface area contributed by atoms with Crippen LogP contribution in [-0.4, -0.2) is 20.6 Å². The number of nitrogens with one attached hydrogen (secondary N) is 1. The van der Waals surface area contributed by atoms with E-state index in [1.807, 2.05) is 4.72 Å². The summed E-state index contributed by atoms with van der Waals surface area (Å²) in [6.45, 7) is 1.19. The Morgan fingerprint density at radius 3 is 2.56 bits per heavy atom. The topological polar surface area (TPSA) is 72.5 Å². The molecular formula is C9H10FNO4S. The summed E-state index contributed by atoms with van der Waals surface area (Å²) in [7, 11) is -3.58. The van der Waals surface area contributed by atoms with Gasteiger partial charge in [-0.15, -0.1) is 0 Å². The number of sulfonamides is 1. The number of hydrogen-bond acceptors (Lipinski definition) is 4. The number of esters is 1. The standard InChI is InChI=1S/C9H10FNO4S/c1-6(12)15-7-3-4-8(10)9(5-7)11-16(2,13)14/h3-5,11H,1-2H3. The lowest BCUT2D eigenvalue weighted by atomic mass is 10.3. The first kappa shape index (κ1) is 12.4. The normalized spacial score (nSPS) is 10.9. The van der Waals surface area contributed by atoms with Crippen LogP contribution in [0.25, 0.3) is 0 Å². The van der Waals surface area contributed by atoms with Gasteiger partial charge in [0.1, 0.15) is 11.6 Å². The molecule has 0 fully saturated rings. The van der Waals surface area contributed by atoms with Crippen molar-refractivity contribution < 1.29 is 22.3 Å². The molecule has 0 radical (unpaired) electrons. The first-order chi connectivity index (χ1) is 7.28. The molecule has 1 aromatic rings. The zero-order chi connectivity index (χ0) is 12.3. The van der Waals surface area contributed by atoms with Gasteiger partial charge in [0.05, 0.1) is 11.9 Å². The van der Waals surface area contributed by atoms with Crippen LogP contribution in [0.1, 0.15) is 6.92 Å². The summed E-state index contributed by atoms with van der Waals surface area (Å²) in [6, 6.07) is 3.33. The molecule has 1 rings (SSSR count). The predicted molar refractivity (Wildman–Crippen MR) is 56.2 cm³/mol. The van der Waals surface area contributed by atoms with Crippen LogP contribution < -0.4 is 9.46 Å². The Bertz CT molecular complexity index is 512. The lowest BCUT2D eigenvalue weighted by Gasteiger charge is -2.07. The summed E-state index contributed by atoms with van der Waals surface area (Å²) in [6.07, 6.45) is 0.894. The van der Waals surface area contributed by atoms with Crippen molar-refractivity contribution in [2.24, 2.45) is 0 Å². The first-order valence-corrected chi connectivity index (χ1v) is 6.13. The van der Waals surface area contributed by atoms with Gasteiger partial charge in [0, 0.05) is 13.0 Å². The van der Waals surface area contributed by atoms with Gasteiger partial charge in [0.2, 0.25) is 10.0 Å². The zero-order valence-electron chi connectivity index (χ0n) is 8.65. The predicted octanol–water partition coefficient (Wildman–Crippen LogP) is 1.12. The summed E-state index contributed by atoms with van der Waals surface area (Å²) in [5, 5.41) is 0. The van der Waals surface area contributed by atoms with E-state index in [-0.39, 0.29) is 11.4 Å². The molecule has 0 bridgehead atoms. The molecule has 7 heteroatoms. The Morgan fingerprint density at radius 1 is 1.44 bits per heavy atom. The monoisotopic (exact) mass is 247 g/mol. The largest absolute Gasteiger partial charge is 0.427 e. The Kier molecular flexibility index (Phi) is 3.48. The van der Waals surface area contributed by atoms with Gasteiger partial charge in [-0.3, -0.25) is 9.52 Å². The second-order valence-electron chi connectivity index (χ2n) is 3.11. The second-order valence-corrected chi connectivity index (χ2v) is 4.86. The van der Waals surface area contributed by atoms with Crippen LogP contribution in [0.15, 0.2) is 18.2 Å². The molecule has 0 saturated heterocycles. The van der Waals surface area contributed by atoms with E-state index in [1.165, 1.54) is 13.0 Å². The number of rotatable bonds is 3. The van der Waals surface area contributed by atoms with Gasteiger partial charge >= 0.3 is 5.97 Å². The van der Waals surface area contributed by atoms with Crippen LogP contribution in [0.5, 0.6) is 5.75 Å². The molecule has 0 atom stereocenters. The fourth-order valence-corrected chi connectivity index (χ4v) is 1.57. The number of carbonyl (C=O) groups is 1. The SMILES string of the molecule is CC(=O)Oc1ccc(F)c(NS(C)(=O)=O)c1. The molecule has 0 heterocycles. The Balaban J connectivity index is 3.04. The second kappa shape index (κ2) is 4.48. The molecular weight excluding hydrogens is 237 g/mol. The van der Waals surface area contributed by atoms with Crippen molar-refractivity contribution in [2.75, 3.05) is 11.0 Å². The number of ether oxygens (including phenoxy) is 1. The van der Waals surface area contributed by atoms with Crippen LogP contribution in [0.2, 0.25) is 0 Å². The van der Waals surface area contributed by atoms with E-state index in [0.29, 0.717) is 0 Å². The van der Waals surface area contributed by atoms with Crippen LogP contribution in [0.3, 0.4) is 0 Å². The third kappa shape index (κ3) is 3.85. The van der Waals surface area contributed by atoms with Gasteiger partial charge in [0.25, 0.3) is 0 Å². The van der Waals surface area contributed by atoms with Gasteiger partial charge in [-0.25, -0.2) is 12.8 Å². The molecule has 0 aliphatic heterocycles. The molecule has 1 N–H and O–H groups in total. The summed E-state index contributed by atoms with van der Waals surface area (Å²) in [5.74, 6) is -1.25. The van der Waals surface area contributed by atoms with E-state index in [1.54, 1.807) is 0 Å². The van der Waals surface area contributed by atoms with Crippen molar-refractivity contribution in [1.82, 2.24) is 0 Å². The minimum absolute atomic E-state index is 0.0695. The maximum Gasteiger partial charge on any atom is 0.308 e. The fraction of sp³-hybridized carbons (Fsp3) is 0.222. The van der Waals surface area contributed by atoms with E-state index in [2.05, 4.69) is 4.74 Å². The third-order valence-electron chi connectivity index (χ3n) is 1.49. The van der Waals surface area contributed by atoms with Gasteiger partial charge in [-0.05, 0) is 12.1 Å². The highest BCUT2D eigenvalue weighted by Crippen LogP contribution is 2.22. The highest BCUT2D eigenvalue weighted by molar-refractivity contribution is 7.92. The zero-order valence-corrected chi connectivity index (χ0v) is 9.47. The molecule has 16 heavy (non-hydrogen) atoms. The van der Waals surface area contributed by atoms with E-state index in [4.69, 9.17) is 0 Å². The number of halogens is 1. The van der Waals surface area contributed by atoms with Crippen molar-refractivity contribution in [2.45, 2.75) is 6.92 Å². The number of hydrogen-bond donors (Lipinski definition) is 1. The van der Waals surface area contributed by atoms with Crippen molar-refractivity contribution in [3.05, 3.63) is 24.0 Å². The molecule has 0 unspecified atom stereocenters. The van der Waals surface area contributed by atoms with Gasteiger partial charge < -0.3 is 4.74 Å². The van der Waals surface area contributed by atoms with Crippen molar-refractivity contribution >= 4 is 21.7 Å². The van der Waals surface area contributed by atoms with Gasteiger partial charge in [0.15, 0.2) is 0 Å². The highest BCUT2D eigenvalue weighted by Gasteiger charge is 2.09. The van der Waals surface area contributed by atoms with Crippen LogP contribution in [-0.2, 0) is 14.8 Å². The molecule has 0 spiro atoms. The lowest BCUT2D eigenvalue weighted by molar-refractivity contribution is -0.131. The summed E-state index contributed by atoms with van der Waals surface area (Å²) >= 11 is 0. The molecule has 0 saturated carbocycles. The van der Waals surface area contributed by atoms with E-state index in [0.717, 1.165) is 18.4 Å². The fourth-order valence-electron chi connectivity index (χ4n) is 1.01. The third-order valence-corrected chi connectivity index (χ3v) is 2.09. The Labute approximate surface area is 92.3 Å². The summed E-state index contributed by atoms with van der Waals surface area (Å²) in [4.78, 5) is 10.6. The molecule has 0 amide bonds. The van der Waals surface area contributed by atoms with Crippen molar-refractivity contribution in [3.63, 3.8) is 0 Å².